The first kappa shape index (κ1) is 18.5. The van der Waals surface area contributed by atoms with Gasteiger partial charge < -0.3 is 5.32 Å². The van der Waals surface area contributed by atoms with Crippen molar-refractivity contribution in [3.8, 4) is 0 Å². The normalized spacial score (nSPS) is 17.3. The van der Waals surface area contributed by atoms with Gasteiger partial charge in [-0.15, -0.1) is 0 Å². The summed E-state index contributed by atoms with van der Waals surface area (Å²) >= 11 is 0. The van der Waals surface area contributed by atoms with Crippen LogP contribution >= 0.6 is 0 Å². The van der Waals surface area contributed by atoms with Crippen molar-refractivity contribution in [3.63, 3.8) is 0 Å². The Balaban J connectivity index is 1.57. The summed E-state index contributed by atoms with van der Waals surface area (Å²) in [5.74, 6) is 0.101. The van der Waals surface area contributed by atoms with Gasteiger partial charge in [0.05, 0.1) is 11.7 Å². The number of hydrogen-bond donors (Lipinski definition) is 1. The average Bonchev–Trinajstić information content (AvgIpc) is 2.66. The van der Waals surface area contributed by atoms with Crippen molar-refractivity contribution in [1.82, 2.24) is 24.5 Å². The lowest BCUT2D eigenvalue weighted by Crippen LogP contribution is -2.53. The third kappa shape index (κ3) is 4.28. The SMILES string of the molecule is CCCNC(=O)C(C)N1CCN(Cc2cc(=O)n3ccccc3n2)CC1. The molecule has 0 radical (unpaired) electrons. The number of amides is 1. The number of carbonyl (C=O) groups excluding carboxylic acids is 1. The second-order valence-corrected chi connectivity index (χ2v) is 6.79. The van der Waals surface area contributed by atoms with Gasteiger partial charge in [-0.3, -0.25) is 23.8 Å². The monoisotopic (exact) mass is 357 g/mol. The number of pyridine rings is 1. The molecule has 0 aliphatic carbocycles. The molecule has 2 aromatic rings. The quantitative estimate of drug-likeness (QED) is 0.825. The lowest BCUT2D eigenvalue weighted by Gasteiger charge is -2.37. The summed E-state index contributed by atoms with van der Waals surface area (Å²) < 4.78 is 1.55. The van der Waals surface area contributed by atoms with Crippen molar-refractivity contribution < 1.29 is 4.79 Å². The fraction of sp³-hybridized carbons (Fsp3) is 0.526. The molecular formula is C19H27N5O2. The first-order chi connectivity index (χ1) is 12.6. The molecule has 0 spiro atoms. The minimum Gasteiger partial charge on any atom is -0.355 e. The maximum Gasteiger partial charge on any atom is 0.258 e. The predicted molar refractivity (Wildman–Crippen MR) is 101 cm³/mol. The molecule has 0 saturated carbocycles. The van der Waals surface area contributed by atoms with E-state index >= 15 is 0 Å². The molecule has 1 N–H and O–H groups in total. The van der Waals surface area contributed by atoms with Gasteiger partial charge in [-0.1, -0.05) is 13.0 Å². The highest BCUT2D eigenvalue weighted by molar-refractivity contribution is 5.81. The summed E-state index contributed by atoms with van der Waals surface area (Å²) in [6, 6.07) is 7.06. The van der Waals surface area contributed by atoms with Gasteiger partial charge in [0.25, 0.3) is 5.56 Å². The zero-order valence-corrected chi connectivity index (χ0v) is 15.5. The molecule has 1 saturated heterocycles. The first-order valence-electron chi connectivity index (χ1n) is 9.30. The van der Waals surface area contributed by atoms with Crippen LogP contribution in [0.15, 0.2) is 35.3 Å². The van der Waals surface area contributed by atoms with Crippen LogP contribution in [-0.2, 0) is 11.3 Å². The number of hydrogen-bond acceptors (Lipinski definition) is 5. The molecular weight excluding hydrogens is 330 g/mol. The molecule has 26 heavy (non-hydrogen) atoms. The maximum atomic E-state index is 12.2. The van der Waals surface area contributed by atoms with Crippen molar-refractivity contribution >= 4 is 11.6 Å². The third-order valence-corrected chi connectivity index (χ3v) is 4.89. The van der Waals surface area contributed by atoms with Crippen LogP contribution in [0.25, 0.3) is 5.65 Å². The number of aromatic nitrogens is 2. The molecule has 2 aromatic heterocycles. The number of carbonyl (C=O) groups is 1. The summed E-state index contributed by atoms with van der Waals surface area (Å²) in [7, 11) is 0. The summed E-state index contributed by atoms with van der Waals surface area (Å²) in [4.78, 5) is 33.4. The van der Waals surface area contributed by atoms with Crippen molar-refractivity contribution in [2.24, 2.45) is 0 Å². The predicted octanol–water partition coefficient (Wildman–Crippen LogP) is 0.727. The highest BCUT2D eigenvalue weighted by Crippen LogP contribution is 2.10. The Morgan fingerprint density at radius 1 is 1.27 bits per heavy atom. The van der Waals surface area contributed by atoms with E-state index in [1.807, 2.05) is 25.1 Å². The van der Waals surface area contributed by atoms with Gasteiger partial charge in [0.15, 0.2) is 0 Å². The highest BCUT2D eigenvalue weighted by atomic mass is 16.2. The van der Waals surface area contributed by atoms with E-state index in [2.05, 4.69) is 27.0 Å². The number of rotatable bonds is 6. The van der Waals surface area contributed by atoms with Crippen molar-refractivity contribution in [2.75, 3.05) is 32.7 Å². The Kier molecular flexibility index (Phi) is 6.00. The molecule has 1 aliphatic heterocycles. The molecule has 140 valence electrons. The summed E-state index contributed by atoms with van der Waals surface area (Å²) in [6.07, 6.45) is 2.68. The van der Waals surface area contributed by atoms with Gasteiger partial charge in [-0.2, -0.15) is 0 Å². The van der Waals surface area contributed by atoms with E-state index in [0.29, 0.717) is 12.2 Å². The summed E-state index contributed by atoms with van der Waals surface area (Å²) in [5, 5.41) is 2.96. The van der Waals surface area contributed by atoms with E-state index < -0.39 is 0 Å². The molecule has 7 nitrogen and oxygen atoms in total. The standard InChI is InChI=1S/C19H27N5O2/c1-3-7-20-19(26)15(2)23-11-9-22(10-12-23)14-16-13-18(25)24-8-5-4-6-17(24)21-16/h4-6,8,13,15H,3,7,9-12,14H2,1-2H3,(H,20,26). The summed E-state index contributed by atoms with van der Waals surface area (Å²) in [5.41, 5.74) is 1.42. The van der Waals surface area contributed by atoms with E-state index in [1.54, 1.807) is 16.7 Å². The highest BCUT2D eigenvalue weighted by Gasteiger charge is 2.25. The van der Waals surface area contributed by atoms with Crippen LogP contribution < -0.4 is 10.9 Å². The minimum absolute atomic E-state index is 0.0505. The fourth-order valence-corrected chi connectivity index (χ4v) is 3.28. The molecule has 1 amide bonds. The van der Waals surface area contributed by atoms with Crippen LogP contribution in [0.5, 0.6) is 0 Å². The second-order valence-electron chi connectivity index (χ2n) is 6.79. The molecule has 1 atom stereocenters. The Morgan fingerprint density at radius 2 is 2.04 bits per heavy atom. The largest absolute Gasteiger partial charge is 0.355 e. The van der Waals surface area contributed by atoms with Gasteiger partial charge in [0, 0.05) is 51.5 Å². The smallest absolute Gasteiger partial charge is 0.258 e. The zero-order valence-electron chi connectivity index (χ0n) is 15.5. The van der Waals surface area contributed by atoms with E-state index in [0.717, 1.165) is 44.8 Å². The Hall–Kier alpha value is -2.25. The van der Waals surface area contributed by atoms with Crippen molar-refractivity contribution in [3.05, 3.63) is 46.5 Å². The lowest BCUT2D eigenvalue weighted by atomic mass is 10.2. The third-order valence-electron chi connectivity index (χ3n) is 4.89. The molecule has 1 unspecified atom stereocenters. The molecule has 3 heterocycles. The van der Waals surface area contributed by atoms with Gasteiger partial charge in [0.1, 0.15) is 5.65 Å². The van der Waals surface area contributed by atoms with E-state index in [4.69, 9.17) is 0 Å². The Bertz CT molecular complexity index is 811. The van der Waals surface area contributed by atoms with Crippen molar-refractivity contribution in [2.45, 2.75) is 32.9 Å². The number of nitrogens with one attached hydrogen (secondary N) is 1. The molecule has 1 fully saturated rings. The molecule has 1 aliphatic rings. The van der Waals surface area contributed by atoms with Gasteiger partial charge in [-0.25, -0.2) is 4.98 Å². The molecule has 3 rings (SSSR count). The molecule has 0 bridgehead atoms. The number of nitrogens with zero attached hydrogens (tertiary/aromatic N) is 4. The lowest BCUT2D eigenvalue weighted by molar-refractivity contribution is -0.126. The minimum atomic E-state index is -0.105. The second kappa shape index (κ2) is 8.42. The fourth-order valence-electron chi connectivity index (χ4n) is 3.28. The number of piperazine rings is 1. The first-order valence-corrected chi connectivity index (χ1v) is 9.30. The topological polar surface area (TPSA) is 70.0 Å². The van der Waals surface area contributed by atoms with Crippen LogP contribution in [0.4, 0.5) is 0 Å². The van der Waals surface area contributed by atoms with Crippen LogP contribution in [0, 0.1) is 0 Å². The molecule has 7 heteroatoms. The van der Waals surface area contributed by atoms with Crippen LogP contribution in [0.2, 0.25) is 0 Å². The number of fused-ring (bicyclic) bond motifs is 1. The van der Waals surface area contributed by atoms with Gasteiger partial charge >= 0.3 is 0 Å². The van der Waals surface area contributed by atoms with Crippen LogP contribution in [0.1, 0.15) is 26.0 Å². The van der Waals surface area contributed by atoms with Gasteiger partial charge in [-0.05, 0) is 25.5 Å². The van der Waals surface area contributed by atoms with Crippen molar-refractivity contribution in [1.29, 1.82) is 0 Å². The van der Waals surface area contributed by atoms with Gasteiger partial charge in [0.2, 0.25) is 5.91 Å². The van der Waals surface area contributed by atoms with E-state index in [9.17, 15) is 9.59 Å². The molecule has 0 aromatic carbocycles. The maximum absolute atomic E-state index is 12.2. The Morgan fingerprint density at radius 3 is 2.77 bits per heavy atom. The summed E-state index contributed by atoms with van der Waals surface area (Å²) in [6.45, 7) is 8.81. The van der Waals surface area contributed by atoms with E-state index in [-0.39, 0.29) is 17.5 Å². The average molecular weight is 357 g/mol. The van der Waals surface area contributed by atoms with Crippen LogP contribution in [-0.4, -0.2) is 63.9 Å². The van der Waals surface area contributed by atoms with E-state index in [1.165, 1.54) is 0 Å². The zero-order chi connectivity index (χ0) is 18.5. The van der Waals surface area contributed by atoms with Crippen LogP contribution in [0.3, 0.4) is 0 Å². The Labute approximate surface area is 153 Å².